The van der Waals surface area contributed by atoms with Crippen molar-refractivity contribution < 1.29 is 9.53 Å². The molecule has 0 bridgehead atoms. The molecule has 10 nitrogen and oxygen atoms in total. The number of amides is 1. The lowest BCUT2D eigenvalue weighted by Gasteiger charge is -2.15. The summed E-state index contributed by atoms with van der Waals surface area (Å²) in [7, 11) is 1.84. The molecule has 1 aromatic carbocycles. The molecular weight excluding hydrogens is 336 g/mol. The monoisotopic (exact) mass is 356 g/mol. The Kier molecular flexibility index (Phi) is 5.03. The van der Waals surface area contributed by atoms with Crippen LogP contribution in [0.1, 0.15) is 13.3 Å². The van der Waals surface area contributed by atoms with Crippen molar-refractivity contribution in [1.82, 2.24) is 9.78 Å². The lowest BCUT2D eigenvalue weighted by Crippen LogP contribution is -2.25. The Labute approximate surface area is 150 Å². The second-order valence-electron chi connectivity index (χ2n) is 6.01. The zero-order valence-electron chi connectivity index (χ0n) is 14.6. The zero-order valence-corrected chi connectivity index (χ0v) is 14.6. The molecule has 0 saturated carbocycles. The van der Waals surface area contributed by atoms with Gasteiger partial charge in [0.15, 0.2) is 0 Å². The van der Waals surface area contributed by atoms with E-state index < -0.39 is 5.66 Å². The van der Waals surface area contributed by atoms with Crippen molar-refractivity contribution in [2.24, 2.45) is 33.5 Å². The molecule has 1 aliphatic rings. The number of carbonyl (C=O) groups excluding carboxylic acids is 1. The predicted octanol–water partition coefficient (Wildman–Crippen LogP) is 2.30. The molecular formula is C16H20N8O2. The summed E-state index contributed by atoms with van der Waals surface area (Å²) >= 11 is 0. The second-order valence-corrected chi connectivity index (χ2v) is 6.01. The molecule has 3 N–H and O–H groups in total. The molecule has 1 aliphatic heterocycles. The van der Waals surface area contributed by atoms with E-state index in [1.54, 1.807) is 29.9 Å². The van der Waals surface area contributed by atoms with Gasteiger partial charge in [-0.25, -0.2) is 0 Å². The maximum atomic E-state index is 12.3. The lowest BCUT2D eigenvalue weighted by atomic mass is 10.1. The van der Waals surface area contributed by atoms with E-state index in [4.69, 9.17) is 10.5 Å². The molecule has 0 fully saturated rings. The van der Waals surface area contributed by atoms with Gasteiger partial charge in [-0.05, 0) is 41.6 Å². The molecule has 1 aromatic heterocycles. The number of aryl methyl sites for hydroxylation is 1. The average Bonchev–Trinajstić information content (AvgIpc) is 3.22. The number of nitrogens with zero attached hydrogens (tertiary/aromatic N) is 6. The van der Waals surface area contributed by atoms with Crippen molar-refractivity contribution in [3.8, 4) is 17.0 Å². The first-order valence-electron chi connectivity index (χ1n) is 8.10. The number of nitrogens with one attached hydrogen (secondary N) is 1. The van der Waals surface area contributed by atoms with Crippen molar-refractivity contribution in [3.05, 3.63) is 30.5 Å². The second kappa shape index (κ2) is 7.40. The Hall–Kier alpha value is -3.14. The van der Waals surface area contributed by atoms with E-state index >= 15 is 0 Å². The van der Waals surface area contributed by atoms with Crippen molar-refractivity contribution in [2.75, 3.05) is 18.5 Å². The SMILES string of the molecule is Cn1nccc1-c1cc(NC(=O)CC2(C)N=NN=N2)ccc1OCCN. The van der Waals surface area contributed by atoms with Gasteiger partial charge < -0.3 is 15.8 Å². The molecule has 0 spiro atoms. The molecule has 0 unspecified atom stereocenters. The third-order valence-corrected chi connectivity index (χ3v) is 3.79. The van der Waals surface area contributed by atoms with Crippen LogP contribution in [-0.2, 0) is 11.8 Å². The van der Waals surface area contributed by atoms with Gasteiger partial charge in [-0.2, -0.15) is 5.10 Å². The topological polar surface area (TPSA) is 132 Å². The molecule has 26 heavy (non-hydrogen) atoms. The fraction of sp³-hybridized carbons (Fsp3) is 0.375. The maximum absolute atomic E-state index is 12.3. The minimum Gasteiger partial charge on any atom is -0.492 e. The van der Waals surface area contributed by atoms with E-state index in [-0.39, 0.29) is 12.3 Å². The van der Waals surface area contributed by atoms with Crippen molar-refractivity contribution >= 4 is 11.6 Å². The number of benzene rings is 1. The largest absolute Gasteiger partial charge is 0.492 e. The van der Waals surface area contributed by atoms with Gasteiger partial charge in [-0.1, -0.05) is 0 Å². The normalized spacial score (nSPS) is 14.6. The van der Waals surface area contributed by atoms with Crippen molar-refractivity contribution in [2.45, 2.75) is 19.0 Å². The zero-order chi connectivity index (χ0) is 18.6. The van der Waals surface area contributed by atoms with Crippen molar-refractivity contribution in [3.63, 3.8) is 0 Å². The summed E-state index contributed by atoms with van der Waals surface area (Å²) in [6.45, 7) is 2.49. The Bertz CT molecular complexity index is 846. The van der Waals surface area contributed by atoms with Gasteiger partial charge in [0.2, 0.25) is 11.6 Å². The van der Waals surface area contributed by atoms with Gasteiger partial charge in [0.25, 0.3) is 0 Å². The number of aromatic nitrogens is 2. The van der Waals surface area contributed by atoms with Crippen LogP contribution < -0.4 is 15.8 Å². The number of rotatable bonds is 7. The van der Waals surface area contributed by atoms with Crippen LogP contribution in [0.4, 0.5) is 5.69 Å². The Morgan fingerprint density at radius 3 is 2.73 bits per heavy atom. The summed E-state index contributed by atoms with van der Waals surface area (Å²) < 4.78 is 7.45. The highest BCUT2D eigenvalue weighted by molar-refractivity contribution is 5.92. The Morgan fingerprint density at radius 2 is 2.08 bits per heavy atom. The predicted molar refractivity (Wildman–Crippen MR) is 94.6 cm³/mol. The van der Waals surface area contributed by atoms with Crippen LogP contribution >= 0.6 is 0 Å². The summed E-state index contributed by atoms with van der Waals surface area (Å²) in [4.78, 5) is 12.3. The number of hydrogen-bond acceptors (Lipinski definition) is 8. The summed E-state index contributed by atoms with van der Waals surface area (Å²) in [5.41, 5.74) is 6.88. The van der Waals surface area contributed by atoms with Crippen LogP contribution in [-0.4, -0.2) is 34.5 Å². The summed E-state index contributed by atoms with van der Waals surface area (Å²) in [5.74, 6) is 0.432. The highest BCUT2D eigenvalue weighted by Crippen LogP contribution is 2.33. The van der Waals surface area contributed by atoms with Gasteiger partial charge in [0, 0.05) is 31.0 Å². The van der Waals surface area contributed by atoms with E-state index in [0.29, 0.717) is 24.6 Å². The highest BCUT2D eigenvalue weighted by atomic mass is 16.5. The lowest BCUT2D eigenvalue weighted by molar-refractivity contribution is -0.117. The van der Waals surface area contributed by atoms with E-state index in [9.17, 15) is 4.79 Å². The molecule has 0 radical (unpaired) electrons. The minimum atomic E-state index is -0.945. The van der Waals surface area contributed by atoms with E-state index in [0.717, 1.165) is 11.3 Å². The summed E-state index contributed by atoms with van der Waals surface area (Å²) in [6.07, 6.45) is 1.75. The smallest absolute Gasteiger partial charge is 0.228 e. The van der Waals surface area contributed by atoms with E-state index in [2.05, 4.69) is 31.1 Å². The van der Waals surface area contributed by atoms with Crippen LogP contribution in [0.2, 0.25) is 0 Å². The van der Waals surface area contributed by atoms with Crippen LogP contribution in [0.25, 0.3) is 11.3 Å². The van der Waals surface area contributed by atoms with Crippen molar-refractivity contribution in [1.29, 1.82) is 0 Å². The molecule has 3 rings (SSSR count). The first-order chi connectivity index (χ1) is 12.5. The van der Waals surface area contributed by atoms with E-state index in [1.165, 1.54) is 0 Å². The average molecular weight is 356 g/mol. The quantitative estimate of drug-likeness (QED) is 0.787. The van der Waals surface area contributed by atoms with Crippen LogP contribution in [0, 0.1) is 0 Å². The fourth-order valence-electron chi connectivity index (χ4n) is 2.57. The summed E-state index contributed by atoms with van der Waals surface area (Å²) in [5, 5.41) is 21.7. The van der Waals surface area contributed by atoms with Crippen LogP contribution in [0.15, 0.2) is 51.1 Å². The minimum absolute atomic E-state index is 0.0481. The third kappa shape index (κ3) is 3.91. The van der Waals surface area contributed by atoms with E-state index in [1.807, 2.05) is 19.2 Å². The molecule has 0 saturated heterocycles. The van der Waals surface area contributed by atoms with Gasteiger partial charge in [-0.15, -0.1) is 10.2 Å². The maximum Gasteiger partial charge on any atom is 0.228 e. The van der Waals surface area contributed by atoms with Crippen LogP contribution in [0.3, 0.4) is 0 Å². The standard InChI is InChI=1S/C16H20N8O2/c1-16(20-22-23-21-16)10-15(25)19-11-3-4-14(26-8-6-17)12(9-11)13-5-7-18-24(13)2/h3-5,7,9H,6,8,10,17H2,1-2H3,(H,19,25). The first kappa shape index (κ1) is 17.7. The highest BCUT2D eigenvalue weighted by Gasteiger charge is 2.30. The number of anilines is 1. The van der Waals surface area contributed by atoms with Gasteiger partial charge in [-0.3, -0.25) is 9.48 Å². The van der Waals surface area contributed by atoms with Gasteiger partial charge >= 0.3 is 0 Å². The number of hydrogen-bond donors (Lipinski definition) is 2. The van der Waals surface area contributed by atoms with Gasteiger partial charge in [0.1, 0.15) is 12.4 Å². The van der Waals surface area contributed by atoms with Gasteiger partial charge in [0.05, 0.1) is 12.1 Å². The first-order valence-corrected chi connectivity index (χ1v) is 8.10. The number of ether oxygens (including phenoxy) is 1. The molecule has 1 amide bonds. The molecule has 0 aliphatic carbocycles. The molecule has 2 aromatic rings. The van der Waals surface area contributed by atoms with Crippen LogP contribution in [0.5, 0.6) is 5.75 Å². The molecule has 10 heteroatoms. The third-order valence-electron chi connectivity index (χ3n) is 3.79. The summed E-state index contributed by atoms with van der Waals surface area (Å²) in [6, 6.07) is 7.27. The fourth-order valence-corrected chi connectivity index (χ4v) is 2.57. The molecule has 0 atom stereocenters. The molecule has 136 valence electrons. The number of nitrogens with two attached hydrogens (primary N) is 1. The Balaban J connectivity index is 1.82. The molecule has 2 heterocycles. The number of carbonyl (C=O) groups is 1. The Morgan fingerprint density at radius 1 is 1.31 bits per heavy atom.